The molecule has 0 aliphatic carbocycles. The number of ether oxygens (including phenoxy) is 2. The summed E-state index contributed by atoms with van der Waals surface area (Å²) in [4.78, 5) is 16.7. The van der Waals surface area contributed by atoms with Crippen LogP contribution in [0.5, 0.6) is 11.5 Å². The second kappa shape index (κ2) is 6.36. The molecular weight excluding hydrogens is 344 g/mol. The monoisotopic (exact) mass is 362 g/mol. The minimum atomic E-state index is -4.11. The van der Waals surface area contributed by atoms with E-state index in [4.69, 9.17) is 9.47 Å². The SMILES string of the molecule is COc1cc2c(cc1OC)S(=O)(=O)N(c1ccc(C)cn1)C(=O)CC2. The van der Waals surface area contributed by atoms with Crippen LogP contribution in [0.1, 0.15) is 17.5 Å². The number of amides is 1. The zero-order valence-corrected chi connectivity index (χ0v) is 15.0. The number of sulfonamides is 1. The normalized spacial score (nSPS) is 16.1. The molecule has 2 heterocycles. The summed E-state index contributed by atoms with van der Waals surface area (Å²) >= 11 is 0. The maximum Gasteiger partial charge on any atom is 0.272 e. The molecule has 2 aromatic rings. The molecule has 1 aliphatic rings. The second-order valence-electron chi connectivity index (χ2n) is 5.67. The topological polar surface area (TPSA) is 85.8 Å². The molecule has 0 N–H and O–H groups in total. The van der Waals surface area contributed by atoms with Crippen LogP contribution in [-0.4, -0.2) is 33.5 Å². The van der Waals surface area contributed by atoms with Crippen molar-refractivity contribution >= 4 is 21.7 Å². The van der Waals surface area contributed by atoms with E-state index in [2.05, 4.69) is 4.98 Å². The van der Waals surface area contributed by atoms with Crippen molar-refractivity contribution in [3.05, 3.63) is 41.6 Å². The highest BCUT2D eigenvalue weighted by atomic mass is 32.2. The molecule has 1 aromatic carbocycles. The van der Waals surface area contributed by atoms with Gasteiger partial charge in [-0.3, -0.25) is 4.79 Å². The number of carbonyl (C=O) groups excluding carboxylic acids is 1. The Labute approximate surface area is 146 Å². The Hall–Kier alpha value is -2.61. The van der Waals surface area contributed by atoms with Crippen molar-refractivity contribution in [1.82, 2.24) is 4.98 Å². The van der Waals surface area contributed by atoms with Gasteiger partial charge >= 0.3 is 0 Å². The van der Waals surface area contributed by atoms with E-state index in [1.165, 1.54) is 32.5 Å². The fourth-order valence-corrected chi connectivity index (χ4v) is 4.40. The summed E-state index contributed by atoms with van der Waals surface area (Å²) in [5.41, 5.74) is 1.39. The first-order valence-electron chi connectivity index (χ1n) is 7.64. The number of hydrogen-bond acceptors (Lipinski definition) is 6. The van der Waals surface area contributed by atoms with Crippen molar-refractivity contribution in [3.8, 4) is 11.5 Å². The number of carbonyl (C=O) groups is 1. The van der Waals surface area contributed by atoms with Gasteiger partial charge in [-0.25, -0.2) is 13.4 Å². The number of benzene rings is 1. The summed E-state index contributed by atoms with van der Waals surface area (Å²) in [5, 5.41) is 0. The Morgan fingerprint density at radius 3 is 2.36 bits per heavy atom. The number of methoxy groups -OCH3 is 2. The molecule has 132 valence electrons. The number of rotatable bonds is 3. The predicted molar refractivity (Wildman–Crippen MR) is 91.5 cm³/mol. The molecule has 1 aliphatic heterocycles. The van der Waals surface area contributed by atoms with Crippen LogP contribution in [0.2, 0.25) is 0 Å². The molecule has 0 saturated carbocycles. The van der Waals surface area contributed by atoms with Crippen LogP contribution in [0.3, 0.4) is 0 Å². The van der Waals surface area contributed by atoms with Crippen LogP contribution < -0.4 is 13.8 Å². The predicted octanol–water partition coefficient (Wildman–Crippen LogP) is 2.08. The Kier molecular flexibility index (Phi) is 4.38. The summed E-state index contributed by atoms with van der Waals surface area (Å²) < 4.78 is 37.5. The van der Waals surface area contributed by atoms with Gasteiger partial charge in [-0.05, 0) is 36.6 Å². The Morgan fingerprint density at radius 1 is 1.08 bits per heavy atom. The highest BCUT2D eigenvalue weighted by molar-refractivity contribution is 7.93. The number of aromatic nitrogens is 1. The Morgan fingerprint density at radius 2 is 1.76 bits per heavy atom. The van der Waals surface area contributed by atoms with E-state index in [1.807, 2.05) is 6.92 Å². The molecule has 3 rings (SSSR count). The molecule has 25 heavy (non-hydrogen) atoms. The zero-order chi connectivity index (χ0) is 18.2. The van der Waals surface area contributed by atoms with Crippen LogP contribution in [0.15, 0.2) is 35.4 Å². The van der Waals surface area contributed by atoms with Gasteiger partial charge < -0.3 is 9.47 Å². The van der Waals surface area contributed by atoms with Crippen molar-refractivity contribution in [2.24, 2.45) is 0 Å². The van der Waals surface area contributed by atoms with E-state index in [9.17, 15) is 13.2 Å². The molecule has 8 heteroatoms. The van der Waals surface area contributed by atoms with Gasteiger partial charge in [0.05, 0.1) is 19.1 Å². The van der Waals surface area contributed by atoms with Gasteiger partial charge in [-0.2, -0.15) is 4.31 Å². The highest BCUT2D eigenvalue weighted by Crippen LogP contribution is 2.37. The van der Waals surface area contributed by atoms with Gasteiger partial charge in [0.2, 0.25) is 5.91 Å². The third-order valence-electron chi connectivity index (χ3n) is 4.02. The molecule has 0 atom stereocenters. The number of fused-ring (bicyclic) bond motifs is 1. The van der Waals surface area contributed by atoms with Crippen LogP contribution in [0, 0.1) is 6.92 Å². The summed E-state index contributed by atoms with van der Waals surface area (Å²) in [6, 6.07) is 6.23. The molecule has 0 bridgehead atoms. The van der Waals surface area contributed by atoms with Crippen LogP contribution in [-0.2, 0) is 21.2 Å². The summed E-state index contributed by atoms with van der Waals surface area (Å²) in [6.45, 7) is 1.84. The zero-order valence-electron chi connectivity index (χ0n) is 14.1. The molecular formula is C17H18N2O5S. The van der Waals surface area contributed by atoms with Crippen LogP contribution in [0.4, 0.5) is 5.82 Å². The van der Waals surface area contributed by atoms with Gasteiger partial charge in [0.15, 0.2) is 11.5 Å². The third kappa shape index (κ3) is 2.93. The minimum absolute atomic E-state index is 0.0263. The number of pyridine rings is 1. The van der Waals surface area contributed by atoms with Gasteiger partial charge in [0, 0.05) is 18.7 Å². The lowest BCUT2D eigenvalue weighted by molar-refractivity contribution is -0.117. The number of aryl methyl sites for hydroxylation is 2. The lowest BCUT2D eigenvalue weighted by Crippen LogP contribution is -2.36. The molecule has 0 radical (unpaired) electrons. The van der Waals surface area contributed by atoms with Crippen molar-refractivity contribution in [2.75, 3.05) is 18.5 Å². The Balaban J connectivity index is 2.21. The first kappa shape index (κ1) is 17.2. The lowest BCUT2D eigenvalue weighted by Gasteiger charge is -2.20. The van der Waals surface area contributed by atoms with Crippen molar-refractivity contribution < 1.29 is 22.7 Å². The number of nitrogens with zero attached hydrogens (tertiary/aromatic N) is 2. The number of hydrogen-bond donors (Lipinski definition) is 0. The molecule has 1 aromatic heterocycles. The lowest BCUT2D eigenvalue weighted by atomic mass is 10.1. The standard InChI is InChI=1S/C17H18N2O5S/c1-11-4-6-16(18-10-11)19-17(20)7-5-12-8-13(23-2)14(24-3)9-15(12)25(19,21)22/h4,6,8-10H,5,7H2,1-3H3. The second-order valence-corrected chi connectivity index (χ2v) is 7.43. The first-order valence-corrected chi connectivity index (χ1v) is 9.08. The average molecular weight is 362 g/mol. The smallest absolute Gasteiger partial charge is 0.272 e. The van der Waals surface area contributed by atoms with E-state index in [0.29, 0.717) is 11.3 Å². The third-order valence-corrected chi connectivity index (χ3v) is 5.83. The largest absolute Gasteiger partial charge is 0.493 e. The fraction of sp³-hybridized carbons (Fsp3) is 0.294. The van der Waals surface area contributed by atoms with Gasteiger partial charge in [-0.15, -0.1) is 0 Å². The molecule has 0 fully saturated rings. The molecule has 0 unspecified atom stereocenters. The molecule has 0 spiro atoms. The van der Waals surface area contributed by atoms with Crippen molar-refractivity contribution in [3.63, 3.8) is 0 Å². The van der Waals surface area contributed by atoms with Crippen LogP contribution >= 0.6 is 0 Å². The molecule has 7 nitrogen and oxygen atoms in total. The quantitative estimate of drug-likeness (QED) is 0.831. The minimum Gasteiger partial charge on any atom is -0.493 e. The van der Waals surface area contributed by atoms with Crippen molar-refractivity contribution in [1.29, 1.82) is 0 Å². The van der Waals surface area contributed by atoms with Crippen LogP contribution in [0.25, 0.3) is 0 Å². The molecule has 0 saturated heterocycles. The maximum atomic E-state index is 13.2. The maximum absolute atomic E-state index is 13.2. The fourth-order valence-electron chi connectivity index (χ4n) is 2.74. The summed E-state index contributed by atoms with van der Waals surface area (Å²) in [5.74, 6) is 0.269. The highest BCUT2D eigenvalue weighted by Gasteiger charge is 2.37. The summed E-state index contributed by atoms with van der Waals surface area (Å²) in [7, 11) is -1.20. The van der Waals surface area contributed by atoms with Gasteiger partial charge in [0.25, 0.3) is 10.0 Å². The Bertz CT molecular complexity index is 923. The average Bonchev–Trinajstić information content (AvgIpc) is 2.69. The van der Waals surface area contributed by atoms with E-state index in [-0.39, 0.29) is 29.3 Å². The van der Waals surface area contributed by atoms with Crippen molar-refractivity contribution in [2.45, 2.75) is 24.7 Å². The van der Waals surface area contributed by atoms with Gasteiger partial charge in [0.1, 0.15) is 5.82 Å². The van der Waals surface area contributed by atoms with Gasteiger partial charge in [-0.1, -0.05) is 6.07 Å². The molecule has 1 amide bonds. The first-order chi connectivity index (χ1) is 11.9. The summed E-state index contributed by atoms with van der Waals surface area (Å²) in [6.07, 6.45) is 1.87. The van der Waals surface area contributed by atoms with E-state index >= 15 is 0 Å². The van der Waals surface area contributed by atoms with E-state index < -0.39 is 15.9 Å². The number of anilines is 1. The van der Waals surface area contributed by atoms with E-state index in [0.717, 1.165) is 9.87 Å². The van der Waals surface area contributed by atoms with E-state index in [1.54, 1.807) is 12.1 Å².